The van der Waals surface area contributed by atoms with Crippen molar-refractivity contribution < 1.29 is 34.3 Å². The number of unbranched alkanes of at least 4 members (excludes halogenated alkanes) is 1. The maximum Gasteiger partial charge on any atom is 0.488 e. The fraction of sp³-hybridized carbons (Fsp3) is 0.300. The van der Waals surface area contributed by atoms with Crippen molar-refractivity contribution in [3.63, 3.8) is 0 Å². The van der Waals surface area contributed by atoms with Crippen molar-refractivity contribution in [2.75, 3.05) is 52.7 Å². The Morgan fingerprint density at radius 1 is 0.647 bits per heavy atom. The van der Waals surface area contributed by atoms with Crippen LogP contribution in [0.25, 0.3) is 37.6 Å². The molecule has 1 aliphatic carbocycles. The average molecular weight is 1180 g/mol. The number of Topliss-reactive ketones (excluding diaryl/α,β-unsaturated/α-hetero) is 1. The summed E-state index contributed by atoms with van der Waals surface area (Å²) in [6, 6.07) is 41.9. The van der Waals surface area contributed by atoms with Crippen molar-refractivity contribution in [2.45, 2.75) is 93.7 Å². The van der Waals surface area contributed by atoms with E-state index in [9.17, 15) is 29.7 Å². The Kier molecular flexibility index (Phi) is 21.9. The summed E-state index contributed by atoms with van der Waals surface area (Å²) < 4.78 is 2.19. The van der Waals surface area contributed by atoms with E-state index in [-0.39, 0.29) is 26.5 Å². The van der Waals surface area contributed by atoms with Crippen molar-refractivity contribution >= 4 is 100.0 Å². The van der Waals surface area contributed by atoms with E-state index in [0.717, 1.165) is 60.7 Å². The molecule has 0 atom stereocenters. The van der Waals surface area contributed by atoms with Crippen molar-refractivity contribution in [1.82, 2.24) is 15.1 Å². The third-order valence-electron chi connectivity index (χ3n) is 16.5. The van der Waals surface area contributed by atoms with Crippen molar-refractivity contribution in [3.05, 3.63) is 207 Å². The van der Waals surface area contributed by atoms with E-state index in [2.05, 4.69) is 170 Å². The zero-order valence-electron chi connectivity index (χ0n) is 49.4. The number of rotatable bonds is 24. The number of thiophene rings is 1. The highest BCUT2D eigenvalue weighted by Gasteiger charge is 2.41. The number of ketones is 1. The Balaban J connectivity index is 0.00000518. The van der Waals surface area contributed by atoms with Gasteiger partial charge in [-0.05, 0) is 163 Å². The minimum atomic E-state index is -2.17. The highest BCUT2D eigenvalue weighted by Crippen LogP contribution is 2.46. The van der Waals surface area contributed by atoms with Crippen molar-refractivity contribution in [2.24, 2.45) is 0 Å². The zero-order chi connectivity index (χ0) is 59.3. The summed E-state index contributed by atoms with van der Waals surface area (Å²) in [5.41, 5.74) is 13.1. The molecule has 0 spiro atoms. The van der Waals surface area contributed by atoms with E-state index >= 15 is 0 Å². The van der Waals surface area contributed by atoms with E-state index in [0.29, 0.717) is 87.1 Å². The Morgan fingerprint density at radius 2 is 1.21 bits per heavy atom. The van der Waals surface area contributed by atoms with Gasteiger partial charge in [0.2, 0.25) is 5.91 Å². The van der Waals surface area contributed by atoms with E-state index in [1.54, 1.807) is 26.0 Å². The predicted molar refractivity (Wildman–Crippen MR) is 363 cm³/mol. The smallest absolute Gasteiger partial charge is 0.423 e. The minimum Gasteiger partial charge on any atom is -0.423 e. The van der Waals surface area contributed by atoms with Crippen LogP contribution in [0.15, 0.2) is 175 Å². The number of fused-ring (bicyclic) bond motifs is 4. The second-order valence-corrected chi connectivity index (χ2v) is 28.7. The number of hydrogen-bond donors (Lipinski definition) is 5. The third kappa shape index (κ3) is 14.6. The molecule has 7 aromatic rings. The van der Waals surface area contributed by atoms with Crippen LogP contribution < -0.4 is 26.3 Å². The molecule has 1 aromatic heterocycles. The fourth-order valence-electron chi connectivity index (χ4n) is 11.8. The highest BCUT2D eigenvalue weighted by molar-refractivity contribution is 7.16. The average Bonchev–Trinajstić information content (AvgIpc) is 1.53. The van der Waals surface area contributed by atoms with Gasteiger partial charge in [-0.2, -0.15) is 0 Å². The van der Waals surface area contributed by atoms with Crippen LogP contribution >= 0.6 is 11.3 Å². The molecule has 1 aliphatic heterocycles. The molecular weight excluding hydrogens is 1090 g/mol. The molecule has 0 radical (unpaired) electrons. The lowest BCUT2D eigenvalue weighted by molar-refractivity contribution is -0.462. The predicted octanol–water partition coefficient (Wildman–Crippen LogP) is 10.3. The summed E-state index contributed by atoms with van der Waals surface area (Å²) in [6.45, 7) is 19.7. The maximum atomic E-state index is 12.8. The lowest BCUT2D eigenvalue weighted by atomic mass is 9.77. The van der Waals surface area contributed by atoms with Crippen LogP contribution in [0.4, 0.5) is 5.69 Å². The van der Waals surface area contributed by atoms with Crippen molar-refractivity contribution in [1.29, 1.82) is 0 Å². The first-order valence-corrected chi connectivity index (χ1v) is 32.6. The number of nitrogens with zero attached hydrogens (tertiary/aromatic N) is 4. The summed E-state index contributed by atoms with van der Waals surface area (Å²) in [6.07, 6.45) is 9.47. The summed E-state index contributed by atoms with van der Waals surface area (Å²) in [5, 5.41) is 52.5. The van der Waals surface area contributed by atoms with Gasteiger partial charge >= 0.3 is 14.2 Å². The van der Waals surface area contributed by atoms with Crippen LogP contribution in [0.1, 0.15) is 87.1 Å². The Bertz CT molecular complexity index is 3780. The highest BCUT2D eigenvalue weighted by atomic mass is 32.1. The summed E-state index contributed by atoms with van der Waals surface area (Å²) in [4.78, 5) is 34.7. The third-order valence-corrected chi connectivity index (χ3v) is 21.1. The topological polar surface area (TPSA) is 140 Å². The van der Waals surface area contributed by atoms with Crippen LogP contribution in [0, 0.1) is 0 Å². The van der Waals surface area contributed by atoms with Gasteiger partial charge in [0.05, 0.1) is 0 Å². The van der Waals surface area contributed by atoms with Gasteiger partial charge in [-0.3, -0.25) is 19.4 Å². The summed E-state index contributed by atoms with van der Waals surface area (Å²) in [5.74, 6) is -0.131. The monoisotopic (exact) mass is 1170 g/mol. The number of nitrogens with one attached hydrogen (secondary N) is 1. The van der Waals surface area contributed by atoms with Gasteiger partial charge in [-0.25, -0.2) is 4.58 Å². The van der Waals surface area contributed by atoms with Crippen LogP contribution in [-0.2, 0) is 35.8 Å². The summed E-state index contributed by atoms with van der Waals surface area (Å²) in [7, 11) is 2.97. The molecule has 0 fully saturated rings. The van der Waals surface area contributed by atoms with Gasteiger partial charge in [-0.15, -0.1) is 11.3 Å². The molecule has 0 unspecified atom stereocenters. The first-order valence-electron chi connectivity index (χ1n) is 28.7. The first-order chi connectivity index (χ1) is 39.7. The molecule has 1 amide bonds. The molecule has 0 bridgehead atoms. The van der Waals surface area contributed by atoms with Gasteiger partial charge in [0.25, 0.3) is 0 Å². The van der Waals surface area contributed by atoms with Crippen LogP contribution in [0.2, 0.25) is 13.1 Å². The molecule has 0 saturated heterocycles. The molecule has 11 nitrogen and oxygen atoms in total. The van der Waals surface area contributed by atoms with Gasteiger partial charge in [0.15, 0.2) is 11.5 Å². The van der Waals surface area contributed by atoms with Gasteiger partial charge in [-0.1, -0.05) is 132 Å². The van der Waals surface area contributed by atoms with Crippen molar-refractivity contribution in [3.8, 4) is 10.4 Å². The SMILES string of the molecule is C.C.C=C(C)C(=O)CCCCN(Cc1ccccc1B(O)O)Cc1c2ccccc2c(CN(CCCNC(=O)C(=C)C)Cc2ccccc2B(O)O)c2ccc(-c3ccc(C4=C5C=CC(=[N+](C)C)C=C5[Si](C)(C)c5cc(N(C)C)ccc54)s3)cc12. The second-order valence-electron chi connectivity index (χ2n) is 23.3. The molecule has 2 aliphatic rings. The number of amides is 1. The number of hydrogen-bond acceptors (Lipinski definition) is 10. The zero-order valence-corrected chi connectivity index (χ0v) is 51.2. The Labute approximate surface area is 510 Å². The normalized spacial score (nSPS) is 13.2. The molecule has 5 N–H and O–H groups in total. The summed E-state index contributed by atoms with van der Waals surface area (Å²) >= 11 is 1.81. The lowest BCUT2D eigenvalue weighted by Gasteiger charge is -2.37. The fourth-order valence-corrected chi connectivity index (χ4v) is 16.0. The second kappa shape index (κ2) is 28.4. The van der Waals surface area contributed by atoms with Crippen LogP contribution in [0.5, 0.6) is 0 Å². The van der Waals surface area contributed by atoms with Crippen LogP contribution in [0.3, 0.4) is 0 Å². The number of carbonyl (C=O) groups excluding carboxylic acids is 2. The number of anilines is 1. The van der Waals surface area contributed by atoms with E-state index < -0.39 is 22.3 Å². The number of allylic oxidation sites excluding steroid dienone is 6. The minimum absolute atomic E-state index is 0. The van der Waals surface area contributed by atoms with Gasteiger partial charge in [0, 0.05) is 98.5 Å². The quantitative estimate of drug-likeness (QED) is 0.0132. The molecule has 9 rings (SSSR count). The molecule has 442 valence electrons. The first kappa shape index (κ1) is 65.5. The number of benzene rings is 6. The largest absolute Gasteiger partial charge is 0.488 e. The molecular formula is C70H86B2N5O6SSi+. The lowest BCUT2D eigenvalue weighted by Crippen LogP contribution is -2.49. The maximum absolute atomic E-state index is 12.8. The molecule has 85 heavy (non-hydrogen) atoms. The van der Waals surface area contributed by atoms with E-state index in [4.69, 9.17) is 0 Å². The standard InChI is InChI=1S/C68H77B2N5O6SSi.2CH4/c1-45(2)62(76)26-17-18-36-74(41-48-20-11-15-24-60(48)69(78)79)44-59-53-23-14-13-22-52(53)58(43-75(37-19-35-71-68(77)46(3)4)42-49-21-12-16-25-61(49)70(80)81)54-30-27-47(38-57(54)59)63-33-34-64(82-63)67-55-31-28-50(72(5)6)39-65(55)83(9,10)66-40-51(73(7)8)29-32-56(66)67;;/h11-16,20-25,27-34,38-40,78-81H,1,3,17-19,26,35-37,41-44H2,2,4-10H3;2*1H4/p+1. The number of carbonyl (C=O) groups is 2. The van der Waals surface area contributed by atoms with Gasteiger partial charge in [0.1, 0.15) is 22.2 Å². The molecule has 15 heteroatoms. The Morgan fingerprint density at radius 3 is 1.79 bits per heavy atom. The molecule has 6 aromatic carbocycles. The molecule has 2 heterocycles. The molecule has 0 saturated carbocycles. The Hall–Kier alpha value is -7.04. The van der Waals surface area contributed by atoms with Crippen LogP contribution in [-0.4, -0.2) is 122 Å². The van der Waals surface area contributed by atoms with E-state index in [1.807, 2.05) is 47.7 Å². The van der Waals surface area contributed by atoms with E-state index in [1.165, 1.54) is 43.4 Å². The van der Waals surface area contributed by atoms with Gasteiger partial charge < -0.3 is 30.3 Å².